The normalized spacial score (nSPS) is 24.8. The molecule has 0 spiro atoms. The van der Waals surface area contributed by atoms with Crippen LogP contribution in [0.25, 0.3) is 0 Å². The first-order valence-corrected chi connectivity index (χ1v) is 7.37. The third kappa shape index (κ3) is 3.16. The van der Waals surface area contributed by atoms with Crippen LogP contribution in [0.5, 0.6) is 0 Å². The first kappa shape index (κ1) is 13.7. The third-order valence-corrected chi connectivity index (χ3v) is 4.62. The predicted molar refractivity (Wildman–Crippen MR) is 73.7 cm³/mol. The summed E-state index contributed by atoms with van der Waals surface area (Å²) in [6, 6.07) is 0.273. The van der Waals surface area contributed by atoms with Gasteiger partial charge in [-0.25, -0.2) is 4.79 Å². The minimum absolute atomic E-state index is 0.218. The molecular formula is C14H27N3O. The van der Waals surface area contributed by atoms with Gasteiger partial charge in [0.15, 0.2) is 0 Å². The molecule has 0 aromatic rings. The molecule has 0 atom stereocenters. The highest BCUT2D eigenvalue weighted by molar-refractivity contribution is 5.74. The van der Waals surface area contributed by atoms with Crippen LogP contribution in [0.3, 0.4) is 0 Å². The number of carbonyl (C=O) groups excluding carboxylic acids is 1. The molecule has 0 radical (unpaired) electrons. The Kier molecular flexibility index (Phi) is 4.49. The van der Waals surface area contributed by atoms with E-state index in [-0.39, 0.29) is 11.6 Å². The summed E-state index contributed by atoms with van der Waals surface area (Å²) < 4.78 is 0. The summed E-state index contributed by atoms with van der Waals surface area (Å²) in [7, 11) is 2.02. The van der Waals surface area contributed by atoms with Crippen LogP contribution in [0.1, 0.15) is 45.4 Å². The molecule has 2 heterocycles. The van der Waals surface area contributed by atoms with Crippen LogP contribution >= 0.6 is 0 Å². The van der Waals surface area contributed by atoms with E-state index in [0.29, 0.717) is 0 Å². The molecular weight excluding hydrogens is 226 g/mol. The van der Waals surface area contributed by atoms with Gasteiger partial charge in [0.1, 0.15) is 0 Å². The Morgan fingerprint density at radius 3 is 1.94 bits per heavy atom. The van der Waals surface area contributed by atoms with Gasteiger partial charge in [-0.1, -0.05) is 12.8 Å². The van der Waals surface area contributed by atoms with E-state index in [4.69, 9.17) is 0 Å². The lowest BCUT2D eigenvalue weighted by atomic mass is 9.90. The summed E-state index contributed by atoms with van der Waals surface area (Å²) in [6.07, 6.45) is 7.02. The average molecular weight is 253 g/mol. The number of amides is 2. The average Bonchev–Trinajstić information content (AvgIpc) is 2.68. The van der Waals surface area contributed by atoms with Crippen molar-refractivity contribution in [3.05, 3.63) is 0 Å². The molecule has 2 fully saturated rings. The fourth-order valence-electron chi connectivity index (χ4n) is 2.90. The quantitative estimate of drug-likeness (QED) is 0.776. The van der Waals surface area contributed by atoms with Gasteiger partial charge in [0.25, 0.3) is 0 Å². The van der Waals surface area contributed by atoms with E-state index in [1.165, 1.54) is 25.7 Å². The van der Waals surface area contributed by atoms with Crippen LogP contribution in [0, 0.1) is 0 Å². The molecule has 0 aromatic carbocycles. The van der Waals surface area contributed by atoms with Gasteiger partial charge in [-0.05, 0) is 39.7 Å². The van der Waals surface area contributed by atoms with Gasteiger partial charge in [0.05, 0.1) is 0 Å². The van der Waals surface area contributed by atoms with Crippen molar-refractivity contribution in [2.75, 3.05) is 33.2 Å². The molecule has 2 amide bonds. The van der Waals surface area contributed by atoms with Crippen LogP contribution in [0.2, 0.25) is 0 Å². The fraction of sp³-hybridized carbons (Fsp3) is 0.929. The van der Waals surface area contributed by atoms with Crippen molar-refractivity contribution < 1.29 is 4.79 Å². The molecule has 0 unspecified atom stereocenters. The van der Waals surface area contributed by atoms with E-state index >= 15 is 0 Å². The molecule has 0 bridgehead atoms. The smallest absolute Gasteiger partial charge is 0.319 e. The van der Waals surface area contributed by atoms with Crippen molar-refractivity contribution in [2.24, 2.45) is 0 Å². The molecule has 2 aliphatic heterocycles. The zero-order valence-corrected chi connectivity index (χ0v) is 11.9. The van der Waals surface area contributed by atoms with Crippen molar-refractivity contribution in [1.29, 1.82) is 0 Å². The number of hydrogen-bond acceptors (Lipinski definition) is 2. The van der Waals surface area contributed by atoms with E-state index in [1.54, 1.807) is 0 Å². The zero-order chi connectivity index (χ0) is 13.0. The van der Waals surface area contributed by atoms with Crippen LogP contribution < -0.4 is 5.32 Å². The summed E-state index contributed by atoms with van der Waals surface area (Å²) in [4.78, 5) is 16.5. The fourth-order valence-corrected chi connectivity index (χ4v) is 2.90. The lowest BCUT2D eigenvalue weighted by Gasteiger charge is -2.41. The van der Waals surface area contributed by atoms with Gasteiger partial charge in [-0.15, -0.1) is 0 Å². The molecule has 0 aliphatic carbocycles. The molecule has 0 aromatic heterocycles. The van der Waals surface area contributed by atoms with E-state index < -0.39 is 0 Å². The second-order valence-electron chi connectivity index (χ2n) is 5.98. The summed E-state index contributed by atoms with van der Waals surface area (Å²) in [5, 5.41) is 3.38. The SMILES string of the molecule is CNC1(C)CCN(C(=O)N2CCCCCC2)CC1. The first-order valence-electron chi connectivity index (χ1n) is 7.37. The Labute approximate surface area is 111 Å². The summed E-state index contributed by atoms with van der Waals surface area (Å²) in [6.45, 7) is 5.96. The van der Waals surface area contributed by atoms with Crippen LogP contribution in [-0.4, -0.2) is 54.6 Å². The molecule has 18 heavy (non-hydrogen) atoms. The Bertz CT molecular complexity index is 277. The minimum atomic E-state index is 0.218. The standard InChI is InChI=1S/C14H27N3O/c1-14(15-2)7-11-17(12-8-14)13(18)16-9-5-3-4-6-10-16/h15H,3-12H2,1-2H3. The van der Waals surface area contributed by atoms with Crippen LogP contribution in [0.4, 0.5) is 4.79 Å². The summed E-state index contributed by atoms with van der Waals surface area (Å²) >= 11 is 0. The van der Waals surface area contributed by atoms with E-state index in [0.717, 1.165) is 39.0 Å². The highest BCUT2D eigenvalue weighted by Gasteiger charge is 2.32. The zero-order valence-electron chi connectivity index (χ0n) is 11.9. The first-order chi connectivity index (χ1) is 8.64. The monoisotopic (exact) mass is 253 g/mol. The van der Waals surface area contributed by atoms with Crippen molar-refractivity contribution >= 4 is 6.03 Å². The number of carbonyl (C=O) groups is 1. The number of hydrogen-bond donors (Lipinski definition) is 1. The maximum absolute atomic E-state index is 12.4. The van der Waals surface area contributed by atoms with Gasteiger partial charge in [-0.2, -0.15) is 0 Å². The summed E-state index contributed by atoms with van der Waals surface area (Å²) in [5.41, 5.74) is 0.218. The Morgan fingerprint density at radius 1 is 0.944 bits per heavy atom. The molecule has 4 nitrogen and oxygen atoms in total. The van der Waals surface area contributed by atoms with Crippen LogP contribution in [-0.2, 0) is 0 Å². The molecule has 4 heteroatoms. The van der Waals surface area contributed by atoms with Crippen molar-refractivity contribution in [2.45, 2.75) is 51.0 Å². The number of piperidine rings is 1. The number of nitrogens with zero attached hydrogens (tertiary/aromatic N) is 2. The maximum atomic E-state index is 12.4. The van der Waals surface area contributed by atoms with E-state index in [1.807, 2.05) is 11.9 Å². The molecule has 0 saturated carbocycles. The maximum Gasteiger partial charge on any atom is 0.319 e. The molecule has 2 rings (SSSR count). The number of nitrogens with one attached hydrogen (secondary N) is 1. The molecule has 2 saturated heterocycles. The molecule has 1 N–H and O–H groups in total. The van der Waals surface area contributed by atoms with Crippen molar-refractivity contribution in [3.8, 4) is 0 Å². The largest absolute Gasteiger partial charge is 0.325 e. The van der Waals surface area contributed by atoms with Gasteiger partial charge in [0.2, 0.25) is 0 Å². The highest BCUT2D eigenvalue weighted by Crippen LogP contribution is 2.22. The van der Waals surface area contributed by atoms with Gasteiger partial charge >= 0.3 is 6.03 Å². The van der Waals surface area contributed by atoms with Gasteiger partial charge in [0, 0.05) is 31.7 Å². The Balaban J connectivity index is 1.86. The third-order valence-electron chi connectivity index (χ3n) is 4.62. The highest BCUT2D eigenvalue weighted by atomic mass is 16.2. The molecule has 2 aliphatic rings. The van der Waals surface area contributed by atoms with E-state index in [9.17, 15) is 4.79 Å². The number of rotatable bonds is 1. The number of urea groups is 1. The topological polar surface area (TPSA) is 35.6 Å². The Morgan fingerprint density at radius 2 is 1.44 bits per heavy atom. The van der Waals surface area contributed by atoms with Gasteiger partial charge < -0.3 is 15.1 Å². The molecule has 104 valence electrons. The van der Waals surface area contributed by atoms with E-state index in [2.05, 4.69) is 17.1 Å². The Hall–Kier alpha value is -0.770. The second kappa shape index (κ2) is 5.91. The second-order valence-corrected chi connectivity index (χ2v) is 5.98. The van der Waals surface area contributed by atoms with Crippen LogP contribution in [0.15, 0.2) is 0 Å². The number of likely N-dealkylation sites (tertiary alicyclic amines) is 2. The van der Waals surface area contributed by atoms with Crippen molar-refractivity contribution in [1.82, 2.24) is 15.1 Å². The lowest BCUT2D eigenvalue weighted by molar-refractivity contribution is 0.122. The van der Waals surface area contributed by atoms with Crippen molar-refractivity contribution in [3.63, 3.8) is 0 Å². The lowest BCUT2D eigenvalue weighted by Crippen LogP contribution is -2.54. The summed E-state index contributed by atoms with van der Waals surface area (Å²) in [5.74, 6) is 0. The predicted octanol–water partition coefficient (Wildman–Crippen LogP) is 2.06. The van der Waals surface area contributed by atoms with Gasteiger partial charge in [-0.3, -0.25) is 0 Å². The minimum Gasteiger partial charge on any atom is -0.325 e.